The van der Waals surface area contributed by atoms with Crippen molar-refractivity contribution in [1.82, 2.24) is 0 Å². The predicted molar refractivity (Wildman–Crippen MR) is 94.6 cm³/mol. The maximum Gasteiger partial charge on any atom is 0.417 e. The molecule has 1 N–H and O–H groups in total. The highest BCUT2D eigenvalue weighted by Crippen LogP contribution is 2.36. The molecule has 4 nitrogen and oxygen atoms in total. The van der Waals surface area contributed by atoms with Crippen molar-refractivity contribution in [2.24, 2.45) is 0 Å². The maximum atomic E-state index is 12.9. The summed E-state index contributed by atoms with van der Waals surface area (Å²) in [7, 11) is 0. The van der Waals surface area contributed by atoms with Crippen LogP contribution in [0.5, 0.6) is 0 Å². The van der Waals surface area contributed by atoms with Crippen LogP contribution < -0.4 is 10.9 Å². The second-order valence-electron chi connectivity index (χ2n) is 5.28. The number of benzene rings is 2. The predicted octanol–water partition coefficient (Wildman–Crippen LogP) is 5.48. The Hall–Kier alpha value is -2.32. The Morgan fingerprint density at radius 2 is 1.85 bits per heavy atom. The molecule has 0 aliphatic rings. The molecule has 1 amide bonds. The lowest BCUT2D eigenvalue weighted by atomic mass is 10.1. The van der Waals surface area contributed by atoms with Crippen molar-refractivity contribution >= 4 is 50.1 Å². The molecule has 0 aliphatic heterocycles. The van der Waals surface area contributed by atoms with Crippen LogP contribution in [-0.2, 0) is 6.18 Å². The van der Waals surface area contributed by atoms with Gasteiger partial charge in [-0.25, -0.2) is 4.79 Å². The number of carbonyl (C=O) groups excluding carboxylic acids is 1. The topological polar surface area (TPSA) is 59.3 Å². The van der Waals surface area contributed by atoms with E-state index in [1.807, 2.05) is 0 Å². The first-order chi connectivity index (χ1) is 12.1. The number of fused-ring (bicyclic) bond motifs is 1. The summed E-state index contributed by atoms with van der Waals surface area (Å²) < 4.78 is 44.5. The second kappa shape index (κ2) is 6.77. The third-order valence-electron chi connectivity index (χ3n) is 3.47. The van der Waals surface area contributed by atoms with E-state index < -0.39 is 28.3 Å². The van der Waals surface area contributed by atoms with Gasteiger partial charge in [-0.2, -0.15) is 13.2 Å². The molecule has 0 atom stereocenters. The summed E-state index contributed by atoms with van der Waals surface area (Å²) >= 11 is 8.80. The van der Waals surface area contributed by atoms with E-state index in [-0.39, 0.29) is 16.8 Å². The molecule has 0 fully saturated rings. The van der Waals surface area contributed by atoms with E-state index >= 15 is 0 Å². The number of nitrogens with one attached hydrogen (secondary N) is 1. The molecule has 3 aromatic rings. The van der Waals surface area contributed by atoms with Crippen LogP contribution in [0.3, 0.4) is 0 Å². The molecule has 0 unspecified atom stereocenters. The highest BCUT2D eigenvalue weighted by atomic mass is 79.9. The van der Waals surface area contributed by atoms with Crippen LogP contribution in [0.15, 0.2) is 56.1 Å². The maximum absolute atomic E-state index is 12.9. The van der Waals surface area contributed by atoms with Crippen LogP contribution in [0, 0.1) is 0 Å². The normalized spacial score (nSPS) is 11.6. The molecule has 134 valence electrons. The third-order valence-corrected chi connectivity index (χ3v) is 4.29. The van der Waals surface area contributed by atoms with E-state index in [9.17, 15) is 22.8 Å². The number of carbonyl (C=O) groups is 1. The largest absolute Gasteiger partial charge is 0.422 e. The Labute approximate surface area is 157 Å². The molecule has 0 bridgehead atoms. The van der Waals surface area contributed by atoms with Crippen molar-refractivity contribution in [3.63, 3.8) is 0 Å². The monoisotopic (exact) mass is 445 g/mol. The molecule has 0 spiro atoms. The van der Waals surface area contributed by atoms with E-state index in [0.29, 0.717) is 15.9 Å². The smallest absolute Gasteiger partial charge is 0.417 e. The summed E-state index contributed by atoms with van der Waals surface area (Å²) in [5.41, 5.74) is -2.20. The second-order valence-corrected chi connectivity index (χ2v) is 6.60. The molecular weight excluding hydrogens is 439 g/mol. The van der Waals surface area contributed by atoms with Gasteiger partial charge in [0, 0.05) is 15.5 Å². The van der Waals surface area contributed by atoms with Crippen molar-refractivity contribution in [1.29, 1.82) is 0 Å². The minimum absolute atomic E-state index is 0.152. The van der Waals surface area contributed by atoms with Crippen LogP contribution >= 0.6 is 27.5 Å². The number of rotatable bonds is 2. The van der Waals surface area contributed by atoms with Crippen LogP contribution in [-0.4, -0.2) is 5.91 Å². The molecule has 0 radical (unpaired) electrons. The summed E-state index contributed by atoms with van der Waals surface area (Å²) in [6.45, 7) is 0. The lowest BCUT2D eigenvalue weighted by Gasteiger charge is -2.11. The van der Waals surface area contributed by atoms with E-state index in [2.05, 4.69) is 21.2 Å². The highest BCUT2D eigenvalue weighted by molar-refractivity contribution is 9.10. The SMILES string of the molecule is O=C(Nc1ccc(Cl)c(C(F)(F)F)c1)c1cc2cc(Br)ccc2oc1=O. The van der Waals surface area contributed by atoms with Gasteiger partial charge in [0.25, 0.3) is 5.91 Å². The molecule has 1 heterocycles. The summed E-state index contributed by atoms with van der Waals surface area (Å²) in [5, 5.41) is 2.24. The highest BCUT2D eigenvalue weighted by Gasteiger charge is 2.33. The van der Waals surface area contributed by atoms with Gasteiger partial charge in [-0.05, 0) is 42.5 Å². The zero-order valence-electron chi connectivity index (χ0n) is 12.7. The van der Waals surface area contributed by atoms with Crippen molar-refractivity contribution in [3.8, 4) is 0 Å². The van der Waals surface area contributed by atoms with Gasteiger partial charge in [0.05, 0.1) is 10.6 Å². The van der Waals surface area contributed by atoms with Crippen molar-refractivity contribution < 1.29 is 22.4 Å². The minimum Gasteiger partial charge on any atom is -0.422 e. The fourth-order valence-electron chi connectivity index (χ4n) is 2.27. The van der Waals surface area contributed by atoms with Crippen molar-refractivity contribution in [3.05, 3.63) is 73.5 Å². The fraction of sp³-hybridized carbons (Fsp3) is 0.0588. The lowest BCUT2D eigenvalue weighted by molar-refractivity contribution is -0.137. The zero-order valence-corrected chi connectivity index (χ0v) is 15.0. The van der Waals surface area contributed by atoms with Gasteiger partial charge in [-0.1, -0.05) is 27.5 Å². The summed E-state index contributed by atoms with van der Waals surface area (Å²) in [5.74, 6) is -0.893. The summed E-state index contributed by atoms with van der Waals surface area (Å²) in [4.78, 5) is 24.3. The Morgan fingerprint density at radius 3 is 2.54 bits per heavy atom. The Kier molecular flexibility index (Phi) is 4.81. The quantitative estimate of drug-likeness (QED) is 0.530. The minimum atomic E-state index is -4.67. The molecule has 0 saturated heterocycles. The van der Waals surface area contributed by atoms with Crippen LogP contribution in [0.25, 0.3) is 11.0 Å². The summed E-state index contributed by atoms with van der Waals surface area (Å²) in [6.07, 6.45) is -4.67. The van der Waals surface area contributed by atoms with Crippen LogP contribution in [0.2, 0.25) is 5.02 Å². The first-order valence-corrected chi connectivity index (χ1v) is 8.24. The molecule has 26 heavy (non-hydrogen) atoms. The molecule has 2 aromatic carbocycles. The third kappa shape index (κ3) is 3.76. The molecule has 1 aromatic heterocycles. The molecule has 9 heteroatoms. The molecule has 0 aliphatic carbocycles. The van der Waals surface area contributed by atoms with Gasteiger partial charge >= 0.3 is 11.8 Å². The van der Waals surface area contributed by atoms with Crippen molar-refractivity contribution in [2.75, 3.05) is 5.32 Å². The summed E-state index contributed by atoms with van der Waals surface area (Å²) in [6, 6.07) is 9.07. The van der Waals surface area contributed by atoms with Gasteiger partial charge in [0.15, 0.2) is 0 Å². The molecular formula is C17H8BrClF3NO3. The van der Waals surface area contributed by atoms with E-state index in [4.69, 9.17) is 16.0 Å². The number of halogens is 5. The average Bonchev–Trinajstić information content (AvgIpc) is 2.55. The van der Waals surface area contributed by atoms with Crippen molar-refractivity contribution in [2.45, 2.75) is 6.18 Å². The van der Waals surface area contributed by atoms with Gasteiger partial charge in [0.2, 0.25) is 0 Å². The van der Waals surface area contributed by atoms with Crippen LogP contribution in [0.4, 0.5) is 18.9 Å². The molecule has 0 saturated carbocycles. The Balaban J connectivity index is 1.97. The van der Waals surface area contributed by atoms with Crippen LogP contribution in [0.1, 0.15) is 15.9 Å². The van der Waals surface area contributed by atoms with E-state index in [0.717, 1.165) is 6.07 Å². The number of anilines is 1. The van der Waals surface area contributed by atoms with E-state index in [1.54, 1.807) is 18.2 Å². The number of hydrogen-bond donors (Lipinski definition) is 1. The average molecular weight is 447 g/mol. The lowest BCUT2D eigenvalue weighted by Crippen LogP contribution is -2.21. The first kappa shape index (κ1) is 18.5. The van der Waals surface area contributed by atoms with Gasteiger partial charge in [0.1, 0.15) is 11.1 Å². The number of hydrogen-bond acceptors (Lipinski definition) is 3. The molecule has 3 rings (SSSR count). The standard InChI is InChI=1S/C17H8BrClF3NO3/c18-9-1-4-14-8(5-9)6-11(16(25)26-14)15(24)23-10-2-3-13(19)12(7-10)17(20,21)22/h1-7H,(H,23,24). The first-order valence-electron chi connectivity index (χ1n) is 7.06. The van der Waals surface area contributed by atoms with E-state index in [1.165, 1.54) is 12.1 Å². The Bertz CT molecular complexity index is 1080. The number of alkyl halides is 3. The fourth-order valence-corrected chi connectivity index (χ4v) is 2.87. The zero-order chi connectivity index (χ0) is 19.1. The van der Waals surface area contributed by atoms with Gasteiger partial charge < -0.3 is 9.73 Å². The number of amides is 1. The van der Waals surface area contributed by atoms with Gasteiger partial charge in [-0.15, -0.1) is 0 Å². The Morgan fingerprint density at radius 1 is 1.12 bits per heavy atom. The van der Waals surface area contributed by atoms with Gasteiger partial charge in [-0.3, -0.25) is 4.79 Å².